The molecule has 1 N–H and O–H groups in total. The summed E-state index contributed by atoms with van der Waals surface area (Å²) < 4.78 is 25.5. The van der Waals surface area contributed by atoms with Gasteiger partial charge in [0, 0.05) is 24.3 Å². The van der Waals surface area contributed by atoms with E-state index in [9.17, 15) is 13.6 Å². The zero-order chi connectivity index (χ0) is 13.5. The van der Waals surface area contributed by atoms with Crippen LogP contribution in [-0.4, -0.2) is 17.4 Å². The lowest BCUT2D eigenvalue weighted by Gasteiger charge is -2.17. The van der Waals surface area contributed by atoms with Gasteiger partial charge in [0.15, 0.2) is 0 Å². The second kappa shape index (κ2) is 4.29. The molecule has 0 heterocycles. The molecule has 19 heavy (non-hydrogen) atoms. The Hall–Kier alpha value is -1.45. The molecule has 4 heteroatoms. The number of hydrogen-bond acceptors (Lipinski definition) is 1. The Morgan fingerprint density at radius 2 is 1.89 bits per heavy atom. The van der Waals surface area contributed by atoms with Crippen LogP contribution in [0.25, 0.3) is 0 Å². The zero-order valence-electron chi connectivity index (χ0n) is 10.7. The molecule has 1 amide bonds. The number of carbonyl (C=O) groups is 1. The average Bonchev–Trinajstić information content (AvgIpc) is 3.21. The molecule has 102 valence electrons. The second-order valence-electron chi connectivity index (χ2n) is 5.86. The highest BCUT2D eigenvalue weighted by molar-refractivity contribution is 5.78. The van der Waals surface area contributed by atoms with Gasteiger partial charge in [0.25, 0.3) is 5.92 Å². The molecule has 2 saturated carbocycles. The van der Waals surface area contributed by atoms with Crippen LogP contribution in [-0.2, 0) is 11.2 Å². The normalized spacial score (nSPS) is 25.7. The van der Waals surface area contributed by atoms with E-state index in [-0.39, 0.29) is 24.3 Å². The van der Waals surface area contributed by atoms with Crippen molar-refractivity contribution in [3.63, 3.8) is 0 Å². The Bertz CT molecular complexity index is 482. The minimum Gasteiger partial charge on any atom is -0.350 e. The van der Waals surface area contributed by atoms with Crippen LogP contribution in [0.4, 0.5) is 8.78 Å². The van der Waals surface area contributed by atoms with Crippen LogP contribution >= 0.6 is 0 Å². The van der Waals surface area contributed by atoms with Crippen LogP contribution in [0.2, 0.25) is 0 Å². The van der Waals surface area contributed by atoms with Crippen LogP contribution in [0.5, 0.6) is 0 Å². The Kier molecular flexibility index (Phi) is 2.84. The van der Waals surface area contributed by atoms with E-state index in [4.69, 9.17) is 0 Å². The summed E-state index contributed by atoms with van der Waals surface area (Å²) in [6.07, 6.45) is 2.50. The fraction of sp³-hybridized carbons (Fsp3) is 0.533. The van der Waals surface area contributed by atoms with Crippen molar-refractivity contribution in [3.8, 4) is 0 Å². The van der Waals surface area contributed by atoms with Crippen molar-refractivity contribution in [2.24, 2.45) is 5.92 Å². The van der Waals surface area contributed by atoms with Gasteiger partial charge in [-0.1, -0.05) is 30.3 Å². The molecule has 0 aliphatic heterocycles. The van der Waals surface area contributed by atoms with Gasteiger partial charge in [-0.2, -0.15) is 0 Å². The van der Waals surface area contributed by atoms with Gasteiger partial charge in [-0.25, -0.2) is 8.78 Å². The third-order valence-corrected chi connectivity index (χ3v) is 4.03. The maximum atomic E-state index is 12.8. The van der Waals surface area contributed by atoms with E-state index in [1.54, 1.807) is 0 Å². The van der Waals surface area contributed by atoms with Crippen molar-refractivity contribution in [2.75, 3.05) is 0 Å². The largest absolute Gasteiger partial charge is 0.350 e. The lowest BCUT2D eigenvalue weighted by Crippen LogP contribution is -2.38. The van der Waals surface area contributed by atoms with Crippen LogP contribution in [0.1, 0.15) is 31.2 Å². The lowest BCUT2D eigenvalue weighted by molar-refractivity contribution is -0.123. The molecule has 0 aromatic heterocycles. The van der Waals surface area contributed by atoms with E-state index in [0.29, 0.717) is 0 Å². The number of benzene rings is 1. The smallest absolute Gasteiger partial charge is 0.252 e. The maximum Gasteiger partial charge on any atom is 0.252 e. The molecule has 2 fully saturated rings. The van der Waals surface area contributed by atoms with Crippen molar-refractivity contribution < 1.29 is 13.6 Å². The number of hydrogen-bond donors (Lipinski definition) is 1. The van der Waals surface area contributed by atoms with E-state index in [1.807, 2.05) is 30.3 Å². The first-order valence-electron chi connectivity index (χ1n) is 6.72. The first-order valence-corrected chi connectivity index (χ1v) is 6.72. The third-order valence-electron chi connectivity index (χ3n) is 4.03. The molecule has 0 radical (unpaired) electrons. The highest BCUT2D eigenvalue weighted by Gasteiger charge is 2.57. The molecule has 3 rings (SSSR count). The lowest BCUT2D eigenvalue weighted by atomic mass is 10.0. The predicted molar refractivity (Wildman–Crippen MR) is 67.9 cm³/mol. The van der Waals surface area contributed by atoms with Gasteiger partial charge in [-0.15, -0.1) is 0 Å². The van der Waals surface area contributed by atoms with Crippen molar-refractivity contribution >= 4 is 5.91 Å². The SMILES string of the molecule is O=C(C[C@H]1CC1(F)F)NC1(Cc2ccccc2)CC1. The van der Waals surface area contributed by atoms with Gasteiger partial charge in [0.2, 0.25) is 5.91 Å². The second-order valence-corrected chi connectivity index (χ2v) is 5.86. The van der Waals surface area contributed by atoms with Gasteiger partial charge in [0.05, 0.1) is 0 Å². The first-order chi connectivity index (χ1) is 8.99. The van der Waals surface area contributed by atoms with Crippen LogP contribution < -0.4 is 5.32 Å². The molecule has 0 saturated heterocycles. The predicted octanol–water partition coefficient (Wildman–Crippen LogP) is 2.92. The fourth-order valence-corrected chi connectivity index (χ4v) is 2.55. The molecular formula is C15H17F2NO. The number of rotatable bonds is 5. The summed E-state index contributed by atoms with van der Waals surface area (Å²) in [6, 6.07) is 9.95. The van der Waals surface area contributed by atoms with Gasteiger partial charge in [-0.05, 0) is 24.8 Å². The van der Waals surface area contributed by atoms with Crippen LogP contribution in [0.15, 0.2) is 30.3 Å². The number of amides is 1. The fourth-order valence-electron chi connectivity index (χ4n) is 2.55. The van der Waals surface area contributed by atoms with E-state index in [0.717, 1.165) is 19.3 Å². The van der Waals surface area contributed by atoms with Gasteiger partial charge >= 0.3 is 0 Å². The summed E-state index contributed by atoms with van der Waals surface area (Å²) in [5.74, 6) is -3.57. The summed E-state index contributed by atoms with van der Waals surface area (Å²) in [5.41, 5.74) is 1.000. The van der Waals surface area contributed by atoms with E-state index >= 15 is 0 Å². The molecule has 2 aliphatic rings. The molecule has 2 nitrogen and oxygen atoms in total. The molecule has 1 aromatic rings. The van der Waals surface area contributed by atoms with E-state index < -0.39 is 11.8 Å². The minimum atomic E-state index is -2.60. The third kappa shape index (κ3) is 2.94. The monoisotopic (exact) mass is 265 g/mol. The molecule has 2 aliphatic carbocycles. The highest BCUT2D eigenvalue weighted by Crippen LogP contribution is 2.50. The number of nitrogens with one attached hydrogen (secondary N) is 1. The number of alkyl halides is 2. The molecule has 1 aromatic carbocycles. The first kappa shape index (κ1) is 12.6. The Morgan fingerprint density at radius 3 is 2.42 bits per heavy atom. The number of carbonyl (C=O) groups excluding carboxylic acids is 1. The summed E-state index contributed by atoms with van der Waals surface area (Å²) in [7, 11) is 0. The highest BCUT2D eigenvalue weighted by atomic mass is 19.3. The minimum absolute atomic E-state index is 0.0382. The Balaban J connectivity index is 1.53. The number of halogens is 2. The molecule has 0 spiro atoms. The molecule has 0 bridgehead atoms. The Morgan fingerprint density at radius 1 is 1.26 bits per heavy atom. The van der Waals surface area contributed by atoms with E-state index in [2.05, 4.69) is 5.32 Å². The average molecular weight is 265 g/mol. The molecule has 0 unspecified atom stereocenters. The van der Waals surface area contributed by atoms with Gasteiger partial charge in [-0.3, -0.25) is 4.79 Å². The topological polar surface area (TPSA) is 29.1 Å². The van der Waals surface area contributed by atoms with Crippen molar-refractivity contribution in [3.05, 3.63) is 35.9 Å². The van der Waals surface area contributed by atoms with Crippen LogP contribution in [0.3, 0.4) is 0 Å². The summed E-state index contributed by atoms with van der Waals surface area (Å²) in [6.45, 7) is 0. The van der Waals surface area contributed by atoms with E-state index in [1.165, 1.54) is 5.56 Å². The molecule has 1 atom stereocenters. The quantitative estimate of drug-likeness (QED) is 0.871. The van der Waals surface area contributed by atoms with Gasteiger partial charge in [0.1, 0.15) is 0 Å². The van der Waals surface area contributed by atoms with Gasteiger partial charge < -0.3 is 5.32 Å². The standard InChI is InChI=1S/C15H17F2NO/c16-15(17)10-12(15)8-13(19)18-14(6-7-14)9-11-4-2-1-3-5-11/h1-5,12H,6-10H2,(H,18,19)/t12-/m0/s1. The van der Waals surface area contributed by atoms with Crippen molar-refractivity contribution in [2.45, 2.75) is 43.6 Å². The summed E-state index contributed by atoms with van der Waals surface area (Å²) in [5, 5.41) is 2.95. The summed E-state index contributed by atoms with van der Waals surface area (Å²) in [4.78, 5) is 11.8. The van der Waals surface area contributed by atoms with Crippen LogP contribution in [0, 0.1) is 5.92 Å². The Labute approximate surface area is 111 Å². The zero-order valence-corrected chi connectivity index (χ0v) is 10.7. The van der Waals surface area contributed by atoms with Crippen molar-refractivity contribution in [1.29, 1.82) is 0 Å². The maximum absolute atomic E-state index is 12.8. The van der Waals surface area contributed by atoms with Crippen molar-refractivity contribution in [1.82, 2.24) is 5.32 Å². The summed E-state index contributed by atoms with van der Waals surface area (Å²) >= 11 is 0. The molecular weight excluding hydrogens is 248 g/mol.